The molecule has 2 heterocycles. The van der Waals surface area contributed by atoms with Gasteiger partial charge in [0.05, 0.1) is 0 Å². The van der Waals surface area contributed by atoms with Crippen LogP contribution in [0.1, 0.15) is 0 Å². The molecule has 0 spiro atoms. The third kappa shape index (κ3) is 3.85. The van der Waals surface area contributed by atoms with E-state index in [2.05, 4.69) is 0 Å². The number of carboxylic acids is 1. The zero-order valence-corrected chi connectivity index (χ0v) is 16.2. The molecular formula is C21H18O11. The van der Waals surface area contributed by atoms with Crippen LogP contribution in [0.15, 0.2) is 51.7 Å². The minimum absolute atomic E-state index is 0.0169. The quantitative estimate of drug-likeness (QED) is 0.320. The number of fused-ring (bicyclic) bond motifs is 1. The van der Waals surface area contributed by atoms with Crippen LogP contribution in [0, 0.1) is 0 Å². The highest BCUT2D eigenvalue weighted by atomic mass is 16.7. The Morgan fingerprint density at radius 2 is 1.62 bits per heavy atom. The third-order valence-electron chi connectivity index (χ3n) is 5.00. The van der Waals surface area contributed by atoms with Gasteiger partial charge in [-0.25, -0.2) is 4.79 Å². The Morgan fingerprint density at radius 1 is 0.938 bits per heavy atom. The number of aromatic hydroxyl groups is 2. The minimum atomic E-state index is -1.89. The summed E-state index contributed by atoms with van der Waals surface area (Å²) in [5.41, 5.74) is -0.173. The van der Waals surface area contributed by atoms with Gasteiger partial charge in [0.2, 0.25) is 6.29 Å². The van der Waals surface area contributed by atoms with Crippen molar-refractivity contribution >= 4 is 16.9 Å². The summed E-state index contributed by atoms with van der Waals surface area (Å²) in [5.74, 6) is -2.11. The van der Waals surface area contributed by atoms with Crippen LogP contribution in [0.2, 0.25) is 0 Å². The summed E-state index contributed by atoms with van der Waals surface area (Å²) in [6.45, 7) is 0. The molecule has 1 saturated heterocycles. The summed E-state index contributed by atoms with van der Waals surface area (Å²) in [7, 11) is 0. The van der Waals surface area contributed by atoms with Crippen molar-refractivity contribution in [2.75, 3.05) is 0 Å². The number of hydrogen-bond acceptors (Lipinski definition) is 10. The number of carboxylic acid groups (broad SMARTS) is 1. The smallest absolute Gasteiger partial charge is 0.335 e. The molecule has 1 fully saturated rings. The molecule has 4 rings (SSSR count). The highest BCUT2D eigenvalue weighted by Gasteiger charge is 2.48. The van der Waals surface area contributed by atoms with Gasteiger partial charge in [-0.15, -0.1) is 0 Å². The molecule has 1 aromatic heterocycles. The first kappa shape index (κ1) is 21.6. The van der Waals surface area contributed by atoms with Crippen molar-refractivity contribution < 1.29 is 49.3 Å². The van der Waals surface area contributed by atoms with Gasteiger partial charge in [-0.2, -0.15) is 0 Å². The lowest BCUT2D eigenvalue weighted by molar-refractivity contribution is -0.271. The Hall–Kier alpha value is -3.64. The molecule has 11 heteroatoms. The van der Waals surface area contributed by atoms with Crippen LogP contribution in [0.4, 0.5) is 0 Å². The Bertz CT molecular complexity index is 1220. The number of benzene rings is 2. The van der Waals surface area contributed by atoms with Crippen molar-refractivity contribution in [2.24, 2.45) is 0 Å². The molecule has 168 valence electrons. The normalized spacial score (nSPS) is 25.5. The van der Waals surface area contributed by atoms with E-state index in [9.17, 15) is 35.1 Å². The predicted octanol–water partition coefficient (Wildman–Crippen LogP) is 0.142. The first-order valence-electron chi connectivity index (χ1n) is 9.35. The maximum Gasteiger partial charge on any atom is 0.335 e. The number of ether oxygens (including phenoxy) is 2. The molecule has 2 aromatic carbocycles. The van der Waals surface area contributed by atoms with Crippen molar-refractivity contribution in [3.8, 4) is 28.6 Å². The van der Waals surface area contributed by atoms with E-state index in [4.69, 9.17) is 19.0 Å². The SMILES string of the molecule is O=C(O)C1O[C@@H](Oc2cc(O)c3c(=O)cc(-c4ccc(O)cc4)oc3c2)C(O)[C@@H](O)[C@@H]1O. The van der Waals surface area contributed by atoms with Gasteiger partial charge >= 0.3 is 5.97 Å². The van der Waals surface area contributed by atoms with Crippen LogP contribution in [0.25, 0.3) is 22.3 Å². The third-order valence-corrected chi connectivity index (χ3v) is 5.00. The van der Waals surface area contributed by atoms with Crippen LogP contribution < -0.4 is 10.2 Å². The van der Waals surface area contributed by atoms with E-state index >= 15 is 0 Å². The highest BCUT2D eigenvalue weighted by molar-refractivity contribution is 5.86. The van der Waals surface area contributed by atoms with E-state index in [1.807, 2.05) is 0 Å². The van der Waals surface area contributed by atoms with Gasteiger partial charge in [0, 0.05) is 23.8 Å². The average molecular weight is 446 g/mol. The zero-order valence-electron chi connectivity index (χ0n) is 16.2. The number of aliphatic hydroxyl groups excluding tert-OH is 3. The molecule has 0 bridgehead atoms. The molecule has 1 aliphatic heterocycles. The lowest BCUT2D eigenvalue weighted by Gasteiger charge is -2.38. The van der Waals surface area contributed by atoms with E-state index in [1.165, 1.54) is 30.3 Å². The zero-order chi connectivity index (χ0) is 23.2. The molecule has 0 aliphatic carbocycles. The fraction of sp³-hybridized carbons (Fsp3) is 0.238. The van der Waals surface area contributed by atoms with Gasteiger partial charge in [-0.05, 0) is 24.3 Å². The van der Waals surface area contributed by atoms with Crippen LogP contribution in [0.3, 0.4) is 0 Å². The molecule has 11 nitrogen and oxygen atoms in total. The Labute approximate surface area is 178 Å². The maximum atomic E-state index is 12.5. The Morgan fingerprint density at radius 3 is 2.28 bits per heavy atom. The molecule has 2 unspecified atom stereocenters. The Balaban J connectivity index is 1.71. The van der Waals surface area contributed by atoms with E-state index in [0.717, 1.165) is 12.1 Å². The molecule has 0 radical (unpaired) electrons. The molecule has 5 atom stereocenters. The van der Waals surface area contributed by atoms with Crippen molar-refractivity contribution in [2.45, 2.75) is 30.7 Å². The number of aliphatic carboxylic acids is 1. The van der Waals surface area contributed by atoms with Gasteiger partial charge in [0.1, 0.15) is 52.3 Å². The minimum Gasteiger partial charge on any atom is -0.508 e. The van der Waals surface area contributed by atoms with Gasteiger partial charge in [0.25, 0.3) is 0 Å². The van der Waals surface area contributed by atoms with Crippen LogP contribution in [-0.2, 0) is 9.53 Å². The molecule has 32 heavy (non-hydrogen) atoms. The second kappa shape index (κ2) is 8.13. The standard InChI is InChI=1S/C21H18O11/c22-9-3-1-8(2-4-9)13-7-12(24)15-11(23)5-10(6-14(15)31-13)30-21-18(27)16(25)17(26)19(32-21)20(28)29/h1-7,16-19,21-23,25-27H,(H,28,29)/t16-,17-,18?,19?,21+/m0/s1. The summed E-state index contributed by atoms with van der Waals surface area (Å²) >= 11 is 0. The average Bonchev–Trinajstić information content (AvgIpc) is 2.73. The monoisotopic (exact) mass is 446 g/mol. The molecule has 1 aliphatic rings. The molecular weight excluding hydrogens is 428 g/mol. The predicted molar refractivity (Wildman–Crippen MR) is 106 cm³/mol. The number of carbonyl (C=O) groups is 1. The number of rotatable bonds is 4. The lowest BCUT2D eigenvalue weighted by atomic mass is 9.99. The fourth-order valence-corrected chi connectivity index (χ4v) is 3.36. The summed E-state index contributed by atoms with van der Waals surface area (Å²) < 4.78 is 16.1. The number of phenols is 2. The summed E-state index contributed by atoms with van der Waals surface area (Å²) in [6, 6.07) is 9.24. The topological polar surface area (TPSA) is 187 Å². The van der Waals surface area contributed by atoms with Gasteiger partial charge < -0.3 is 44.5 Å². The maximum absolute atomic E-state index is 12.5. The van der Waals surface area contributed by atoms with E-state index < -0.39 is 47.9 Å². The van der Waals surface area contributed by atoms with Crippen LogP contribution in [0.5, 0.6) is 17.2 Å². The molecule has 3 aromatic rings. The summed E-state index contributed by atoms with van der Waals surface area (Å²) in [4.78, 5) is 23.7. The van der Waals surface area contributed by atoms with Crippen molar-refractivity contribution in [1.82, 2.24) is 0 Å². The second-order valence-corrected chi connectivity index (χ2v) is 7.19. The van der Waals surface area contributed by atoms with E-state index in [-0.39, 0.29) is 28.2 Å². The Kier molecular flexibility index (Phi) is 5.48. The van der Waals surface area contributed by atoms with Crippen molar-refractivity contribution in [3.63, 3.8) is 0 Å². The van der Waals surface area contributed by atoms with E-state index in [1.54, 1.807) is 0 Å². The molecule has 0 saturated carbocycles. The lowest BCUT2D eigenvalue weighted by Crippen LogP contribution is -2.61. The van der Waals surface area contributed by atoms with Crippen molar-refractivity contribution in [1.29, 1.82) is 0 Å². The van der Waals surface area contributed by atoms with Crippen LogP contribution >= 0.6 is 0 Å². The largest absolute Gasteiger partial charge is 0.508 e. The number of phenolic OH excluding ortho intramolecular Hbond substituents is 2. The van der Waals surface area contributed by atoms with Crippen LogP contribution in [-0.4, -0.2) is 67.3 Å². The van der Waals surface area contributed by atoms with Gasteiger partial charge in [-0.1, -0.05) is 0 Å². The van der Waals surface area contributed by atoms with Gasteiger partial charge in [-0.3, -0.25) is 4.79 Å². The highest BCUT2D eigenvalue weighted by Crippen LogP contribution is 2.33. The second-order valence-electron chi connectivity index (χ2n) is 7.19. The summed E-state index contributed by atoms with van der Waals surface area (Å²) in [6.07, 6.45) is -9.15. The first-order valence-corrected chi connectivity index (χ1v) is 9.35. The molecule has 6 N–H and O–H groups in total. The number of hydrogen-bond donors (Lipinski definition) is 6. The molecule has 0 amide bonds. The van der Waals surface area contributed by atoms with Gasteiger partial charge in [0.15, 0.2) is 11.5 Å². The summed E-state index contributed by atoms with van der Waals surface area (Å²) in [5, 5.41) is 58.5. The van der Waals surface area contributed by atoms with Crippen molar-refractivity contribution in [3.05, 3.63) is 52.7 Å². The van der Waals surface area contributed by atoms with E-state index in [0.29, 0.717) is 5.56 Å². The first-order chi connectivity index (χ1) is 15.2. The fourth-order valence-electron chi connectivity index (χ4n) is 3.36. The number of aliphatic hydroxyl groups is 3.